The quantitative estimate of drug-likeness (QED) is 0.683. The third-order valence-electron chi connectivity index (χ3n) is 5.21. The van der Waals surface area contributed by atoms with Crippen LogP contribution in [0.25, 0.3) is 10.9 Å². The Morgan fingerprint density at radius 2 is 1.74 bits per heavy atom. The van der Waals surface area contributed by atoms with E-state index in [9.17, 15) is 9.18 Å². The molecule has 2 heterocycles. The van der Waals surface area contributed by atoms with Crippen molar-refractivity contribution < 1.29 is 9.18 Å². The second kappa shape index (κ2) is 7.33. The maximum Gasteiger partial charge on any atom is 0.270 e. The van der Waals surface area contributed by atoms with Crippen LogP contribution in [0.2, 0.25) is 5.02 Å². The van der Waals surface area contributed by atoms with Crippen molar-refractivity contribution in [3.8, 4) is 0 Å². The van der Waals surface area contributed by atoms with E-state index in [1.54, 1.807) is 0 Å². The number of fused-ring (bicyclic) bond motifs is 1. The van der Waals surface area contributed by atoms with Crippen LogP contribution in [0.3, 0.4) is 0 Å². The molecule has 2 aromatic carbocycles. The molecule has 0 saturated carbocycles. The Balaban J connectivity index is 1.43. The number of hydrogen-bond acceptors (Lipinski definition) is 2. The molecule has 3 aromatic rings. The van der Waals surface area contributed by atoms with Crippen molar-refractivity contribution in [2.75, 3.05) is 26.2 Å². The summed E-state index contributed by atoms with van der Waals surface area (Å²) in [5.74, 6) is -0.170. The zero-order chi connectivity index (χ0) is 19.0. The molecule has 0 atom stereocenters. The van der Waals surface area contributed by atoms with Crippen LogP contribution in [-0.2, 0) is 13.6 Å². The predicted octanol–water partition coefficient (Wildman–Crippen LogP) is 3.93. The standard InChI is InChI=1S/C21H21ClFN3O/c1-24-19-13-17(22)5-4-16(19)12-20(24)21(27)26-10-8-25(9-11-26)14-15-2-6-18(23)7-3-15/h2-7,12-13H,8-11,14H2,1H3. The summed E-state index contributed by atoms with van der Waals surface area (Å²) in [4.78, 5) is 17.2. The number of amides is 1. The molecule has 140 valence electrons. The topological polar surface area (TPSA) is 28.5 Å². The van der Waals surface area contributed by atoms with Crippen LogP contribution < -0.4 is 0 Å². The van der Waals surface area contributed by atoms with E-state index < -0.39 is 0 Å². The van der Waals surface area contributed by atoms with Crippen molar-refractivity contribution in [3.05, 3.63) is 70.6 Å². The first kappa shape index (κ1) is 18.0. The molecule has 1 fully saturated rings. The molecular weight excluding hydrogens is 365 g/mol. The van der Waals surface area contributed by atoms with E-state index in [4.69, 9.17) is 11.6 Å². The SMILES string of the molecule is Cn1c(C(=O)N2CCN(Cc3ccc(F)cc3)CC2)cc2ccc(Cl)cc21. The van der Waals surface area contributed by atoms with Crippen LogP contribution in [0.4, 0.5) is 4.39 Å². The second-order valence-electron chi connectivity index (χ2n) is 6.99. The lowest BCUT2D eigenvalue weighted by Gasteiger charge is -2.34. The molecule has 1 saturated heterocycles. The summed E-state index contributed by atoms with van der Waals surface area (Å²) >= 11 is 6.08. The van der Waals surface area contributed by atoms with Crippen molar-refractivity contribution in [1.29, 1.82) is 0 Å². The van der Waals surface area contributed by atoms with Gasteiger partial charge in [0, 0.05) is 55.7 Å². The van der Waals surface area contributed by atoms with E-state index in [1.165, 1.54) is 12.1 Å². The van der Waals surface area contributed by atoms with Gasteiger partial charge in [0.15, 0.2) is 0 Å². The summed E-state index contributed by atoms with van der Waals surface area (Å²) in [5.41, 5.74) is 2.72. The van der Waals surface area contributed by atoms with E-state index >= 15 is 0 Å². The van der Waals surface area contributed by atoms with Gasteiger partial charge in [-0.2, -0.15) is 0 Å². The smallest absolute Gasteiger partial charge is 0.270 e. The third kappa shape index (κ3) is 3.70. The molecule has 4 nitrogen and oxygen atoms in total. The van der Waals surface area contributed by atoms with Gasteiger partial charge in [-0.05, 0) is 35.9 Å². The van der Waals surface area contributed by atoms with Gasteiger partial charge in [-0.15, -0.1) is 0 Å². The van der Waals surface area contributed by atoms with Crippen LogP contribution in [0.15, 0.2) is 48.5 Å². The zero-order valence-corrected chi connectivity index (χ0v) is 15.9. The zero-order valence-electron chi connectivity index (χ0n) is 15.2. The third-order valence-corrected chi connectivity index (χ3v) is 5.44. The van der Waals surface area contributed by atoms with Crippen molar-refractivity contribution in [2.45, 2.75) is 6.54 Å². The molecule has 1 amide bonds. The van der Waals surface area contributed by atoms with Gasteiger partial charge in [-0.3, -0.25) is 9.69 Å². The van der Waals surface area contributed by atoms with Crippen LogP contribution in [-0.4, -0.2) is 46.5 Å². The maximum absolute atomic E-state index is 13.0. The first-order valence-corrected chi connectivity index (χ1v) is 9.40. The summed E-state index contributed by atoms with van der Waals surface area (Å²) in [6.07, 6.45) is 0. The minimum absolute atomic E-state index is 0.0475. The van der Waals surface area contributed by atoms with Crippen molar-refractivity contribution in [3.63, 3.8) is 0 Å². The molecule has 0 aliphatic carbocycles. The molecule has 0 bridgehead atoms. The second-order valence-corrected chi connectivity index (χ2v) is 7.42. The molecule has 1 aliphatic rings. The van der Waals surface area contributed by atoms with Gasteiger partial charge >= 0.3 is 0 Å². The minimum atomic E-state index is -0.217. The fraction of sp³-hybridized carbons (Fsp3) is 0.286. The highest BCUT2D eigenvalue weighted by Gasteiger charge is 2.24. The van der Waals surface area contributed by atoms with Crippen molar-refractivity contribution in [2.24, 2.45) is 7.05 Å². The molecule has 4 rings (SSSR count). The molecule has 0 spiro atoms. The largest absolute Gasteiger partial charge is 0.340 e. The highest BCUT2D eigenvalue weighted by atomic mass is 35.5. The van der Waals surface area contributed by atoms with Gasteiger partial charge in [0.1, 0.15) is 11.5 Å². The molecule has 1 aromatic heterocycles. The van der Waals surface area contributed by atoms with E-state index in [0.29, 0.717) is 23.8 Å². The number of carbonyl (C=O) groups excluding carboxylic acids is 1. The number of piperazine rings is 1. The molecule has 1 aliphatic heterocycles. The Morgan fingerprint density at radius 1 is 1.04 bits per heavy atom. The van der Waals surface area contributed by atoms with Gasteiger partial charge < -0.3 is 9.47 Å². The number of rotatable bonds is 3. The average molecular weight is 386 g/mol. The number of aryl methyl sites for hydroxylation is 1. The van der Waals surface area contributed by atoms with Gasteiger partial charge in [0.2, 0.25) is 0 Å². The number of carbonyl (C=O) groups is 1. The number of halogens is 2. The fourth-order valence-corrected chi connectivity index (χ4v) is 3.79. The van der Waals surface area contributed by atoms with Crippen LogP contribution in [0.1, 0.15) is 16.1 Å². The number of hydrogen-bond donors (Lipinski definition) is 0. The lowest BCUT2D eigenvalue weighted by molar-refractivity contribution is 0.0619. The first-order valence-electron chi connectivity index (χ1n) is 9.02. The van der Waals surface area contributed by atoms with Crippen LogP contribution >= 0.6 is 11.6 Å². The Hall–Kier alpha value is -2.37. The monoisotopic (exact) mass is 385 g/mol. The maximum atomic E-state index is 13.0. The lowest BCUT2D eigenvalue weighted by atomic mass is 10.2. The Bertz CT molecular complexity index is 975. The minimum Gasteiger partial charge on any atom is -0.340 e. The molecule has 27 heavy (non-hydrogen) atoms. The van der Waals surface area contributed by atoms with Crippen LogP contribution in [0, 0.1) is 5.82 Å². The molecular formula is C21H21ClFN3O. The summed E-state index contributed by atoms with van der Waals surface area (Å²) in [7, 11) is 1.90. The van der Waals surface area contributed by atoms with Gasteiger partial charge in [-0.1, -0.05) is 29.8 Å². The highest BCUT2D eigenvalue weighted by Crippen LogP contribution is 2.24. The number of benzene rings is 2. The summed E-state index contributed by atoms with van der Waals surface area (Å²) < 4.78 is 14.9. The number of aromatic nitrogens is 1. The van der Waals surface area contributed by atoms with E-state index in [2.05, 4.69) is 4.90 Å². The average Bonchev–Trinajstić information content (AvgIpc) is 3.00. The summed E-state index contributed by atoms with van der Waals surface area (Å²) in [5, 5.41) is 1.68. The van der Waals surface area contributed by atoms with Crippen LogP contribution in [0.5, 0.6) is 0 Å². The highest BCUT2D eigenvalue weighted by molar-refractivity contribution is 6.31. The number of nitrogens with zero attached hydrogens (tertiary/aromatic N) is 3. The van der Waals surface area contributed by atoms with Gasteiger partial charge in [-0.25, -0.2) is 4.39 Å². The molecule has 6 heteroatoms. The molecule has 0 radical (unpaired) electrons. The van der Waals surface area contributed by atoms with Crippen molar-refractivity contribution in [1.82, 2.24) is 14.4 Å². The van der Waals surface area contributed by atoms with Gasteiger partial charge in [0.25, 0.3) is 5.91 Å². The van der Waals surface area contributed by atoms with E-state index in [0.717, 1.165) is 36.1 Å². The fourth-order valence-electron chi connectivity index (χ4n) is 3.63. The first-order chi connectivity index (χ1) is 13.0. The van der Waals surface area contributed by atoms with Crippen molar-refractivity contribution >= 4 is 28.4 Å². The predicted molar refractivity (Wildman–Crippen MR) is 106 cm³/mol. The normalized spacial score (nSPS) is 15.4. The van der Waals surface area contributed by atoms with E-state index in [-0.39, 0.29) is 11.7 Å². The summed E-state index contributed by atoms with van der Waals surface area (Å²) in [6.45, 7) is 3.75. The van der Waals surface area contributed by atoms with Gasteiger partial charge in [0.05, 0.1) is 0 Å². The lowest BCUT2D eigenvalue weighted by Crippen LogP contribution is -2.48. The Morgan fingerprint density at radius 3 is 2.44 bits per heavy atom. The Labute approximate surface area is 162 Å². The molecule has 0 unspecified atom stereocenters. The van der Waals surface area contributed by atoms with E-state index in [1.807, 2.05) is 52.9 Å². The summed E-state index contributed by atoms with van der Waals surface area (Å²) in [6, 6.07) is 14.2. The molecule has 0 N–H and O–H groups in total. The Kier molecular flexibility index (Phi) is 4.89.